The van der Waals surface area contributed by atoms with Gasteiger partial charge in [-0.2, -0.15) is 0 Å². The molecule has 1 atom stereocenters. The highest BCUT2D eigenvalue weighted by molar-refractivity contribution is 6.43. The SMILES string of the molecule is CC(C)[C@H](CCCOCCCc1nnc(-c2cccc(Cl)c2Cl)c(N)n1)C(=O)O. The van der Waals surface area contributed by atoms with Crippen molar-refractivity contribution >= 4 is 35.0 Å². The van der Waals surface area contributed by atoms with Crippen LogP contribution in [0.15, 0.2) is 18.2 Å². The van der Waals surface area contributed by atoms with Crippen LogP contribution in [0.4, 0.5) is 5.82 Å². The highest BCUT2D eigenvalue weighted by Crippen LogP contribution is 2.34. The summed E-state index contributed by atoms with van der Waals surface area (Å²) in [6, 6.07) is 5.21. The number of carbonyl (C=O) groups is 1. The molecule has 0 saturated heterocycles. The standard InChI is InChI=1S/C20H26Cl2N4O3/c1-12(2)13(20(27)28)7-4-10-29-11-5-9-16-24-19(23)18(26-25-16)14-6-3-8-15(21)17(14)22/h3,6,8,12-13H,4-5,7,9-11H2,1-2H3,(H,27,28)(H2,23,24,25)/t13-/m0/s1. The zero-order chi connectivity index (χ0) is 21.4. The number of carboxylic acid groups (broad SMARTS) is 1. The molecule has 1 aromatic carbocycles. The normalized spacial score (nSPS) is 12.3. The van der Waals surface area contributed by atoms with Crippen LogP contribution in [0.2, 0.25) is 10.0 Å². The molecule has 0 aliphatic rings. The number of anilines is 1. The van der Waals surface area contributed by atoms with E-state index in [0.717, 1.165) is 6.42 Å². The minimum atomic E-state index is -0.746. The van der Waals surface area contributed by atoms with Gasteiger partial charge in [-0.05, 0) is 31.2 Å². The molecule has 7 nitrogen and oxygen atoms in total. The Bertz CT molecular complexity index is 833. The van der Waals surface area contributed by atoms with Crippen LogP contribution in [-0.2, 0) is 16.0 Å². The minimum Gasteiger partial charge on any atom is -0.481 e. The van der Waals surface area contributed by atoms with Crippen LogP contribution < -0.4 is 5.73 Å². The van der Waals surface area contributed by atoms with Crippen LogP contribution in [0.25, 0.3) is 11.3 Å². The quantitative estimate of drug-likeness (QED) is 0.494. The number of nitrogen functional groups attached to an aromatic ring is 1. The van der Waals surface area contributed by atoms with Crippen molar-refractivity contribution in [2.24, 2.45) is 11.8 Å². The summed E-state index contributed by atoms with van der Waals surface area (Å²) in [5.74, 6) is -0.183. The van der Waals surface area contributed by atoms with Gasteiger partial charge in [-0.1, -0.05) is 49.2 Å². The number of nitrogens with two attached hydrogens (primary N) is 1. The van der Waals surface area contributed by atoms with E-state index in [0.29, 0.717) is 59.6 Å². The van der Waals surface area contributed by atoms with Gasteiger partial charge in [0, 0.05) is 25.2 Å². The first-order chi connectivity index (χ1) is 13.8. The third kappa shape index (κ3) is 6.80. The van der Waals surface area contributed by atoms with Crippen LogP contribution in [-0.4, -0.2) is 39.5 Å². The molecule has 0 bridgehead atoms. The Balaban J connectivity index is 1.77. The number of aromatic nitrogens is 3. The molecule has 2 aromatic rings. The zero-order valence-corrected chi connectivity index (χ0v) is 18.1. The minimum absolute atomic E-state index is 0.118. The summed E-state index contributed by atoms with van der Waals surface area (Å²) in [7, 11) is 0. The summed E-state index contributed by atoms with van der Waals surface area (Å²) in [4.78, 5) is 15.5. The van der Waals surface area contributed by atoms with Crippen LogP contribution >= 0.6 is 23.2 Å². The fourth-order valence-electron chi connectivity index (χ4n) is 2.94. The number of rotatable bonds is 11. The summed E-state index contributed by atoms with van der Waals surface area (Å²) < 4.78 is 5.59. The van der Waals surface area contributed by atoms with Crippen LogP contribution in [0.1, 0.15) is 38.9 Å². The molecule has 1 heterocycles. The summed E-state index contributed by atoms with van der Waals surface area (Å²) >= 11 is 12.2. The molecule has 1 aromatic heterocycles. The van der Waals surface area contributed by atoms with Gasteiger partial charge >= 0.3 is 5.97 Å². The molecule has 0 spiro atoms. The van der Waals surface area contributed by atoms with Crippen molar-refractivity contribution in [2.45, 2.75) is 39.5 Å². The monoisotopic (exact) mass is 440 g/mol. The Morgan fingerprint density at radius 2 is 1.93 bits per heavy atom. The molecule has 29 heavy (non-hydrogen) atoms. The maximum atomic E-state index is 11.2. The van der Waals surface area contributed by atoms with Crippen molar-refractivity contribution in [3.63, 3.8) is 0 Å². The third-order valence-corrected chi connectivity index (χ3v) is 5.40. The maximum Gasteiger partial charge on any atom is 0.306 e. The summed E-state index contributed by atoms with van der Waals surface area (Å²) in [5.41, 5.74) is 7.01. The smallest absolute Gasteiger partial charge is 0.306 e. The number of aryl methyl sites for hydroxylation is 1. The van der Waals surface area contributed by atoms with Gasteiger partial charge in [0.15, 0.2) is 11.6 Å². The van der Waals surface area contributed by atoms with Crippen molar-refractivity contribution < 1.29 is 14.6 Å². The van der Waals surface area contributed by atoms with Crippen LogP contribution in [0.5, 0.6) is 0 Å². The molecule has 0 aliphatic carbocycles. The molecular formula is C20H26Cl2N4O3. The molecule has 2 rings (SSSR count). The predicted molar refractivity (Wildman–Crippen MR) is 114 cm³/mol. The first kappa shape index (κ1) is 23.3. The van der Waals surface area contributed by atoms with Gasteiger partial charge in [0.1, 0.15) is 5.69 Å². The van der Waals surface area contributed by atoms with Gasteiger partial charge in [-0.3, -0.25) is 4.79 Å². The van der Waals surface area contributed by atoms with E-state index in [9.17, 15) is 4.79 Å². The lowest BCUT2D eigenvalue weighted by Gasteiger charge is -2.15. The van der Waals surface area contributed by atoms with E-state index in [1.165, 1.54) is 0 Å². The Hall–Kier alpha value is -1.96. The van der Waals surface area contributed by atoms with Crippen molar-refractivity contribution in [2.75, 3.05) is 18.9 Å². The largest absolute Gasteiger partial charge is 0.481 e. The van der Waals surface area contributed by atoms with Crippen molar-refractivity contribution in [3.8, 4) is 11.3 Å². The highest BCUT2D eigenvalue weighted by Gasteiger charge is 2.20. The predicted octanol–water partition coefficient (Wildman–Crippen LogP) is 4.51. The molecule has 9 heteroatoms. The molecule has 0 saturated carbocycles. The second-order valence-corrected chi connectivity index (χ2v) is 7.90. The molecular weight excluding hydrogens is 415 g/mol. The Morgan fingerprint density at radius 3 is 2.59 bits per heavy atom. The van der Waals surface area contributed by atoms with Crippen molar-refractivity contribution in [1.29, 1.82) is 0 Å². The topological polar surface area (TPSA) is 111 Å². The highest BCUT2D eigenvalue weighted by atomic mass is 35.5. The second-order valence-electron chi connectivity index (χ2n) is 7.11. The molecule has 3 N–H and O–H groups in total. The van der Waals surface area contributed by atoms with E-state index < -0.39 is 5.97 Å². The summed E-state index contributed by atoms with van der Waals surface area (Å²) in [5, 5.41) is 18.2. The van der Waals surface area contributed by atoms with Gasteiger partial charge < -0.3 is 15.6 Å². The molecule has 0 amide bonds. The number of carboxylic acids is 1. The Labute approximate surface area is 180 Å². The van der Waals surface area contributed by atoms with Gasteiger partial charge in [-0.25, -0.2) is 4.98 Å². The number of hydrogen-bond donors (Lipinski definition) is 2. The molecule has 0 unspecified atom stereocenters. The third-order valence-electron chi connectivity index (χ3n) is 4.58. The second kappa shape index (κ2) is 11.3. The van der Waals surface area contributed by atoms with E-state index in [1.807, 2.05) is 13.8 Å². The first-order valence-corrected chi connectivity index (χ1v) is 10.3. The summed E-state index contributed by atoms with van der Waals surface area (Å²) in [6.45, 7) is 4.91. The summed E-state index contributed by atoms with van der Waals surface area (Å²) in [6.07, 6.45) is 2.62. The van der Waals surface area contributed by atoms with Gasteiger partial charge in [0.05, 0.1) is 16.0 Å². The molecule has 0 radical (unpaired) electrons. The van der Waals surface area contributed by atoms with E-state index in [-0.39, 0.29) is 17.7 Å². The fraction of sp³-hybridized carbons (Fsp3) is 0.500. The van der Waals surface area contributed by atoms with Crippen LogP contribution in [0, 0.1) is 11.8 Å². The number of ether oxygens (including phenoxy) is 1. The Kier molecular flexibility index (Phi) is 9.07. The van der Waals surface area contributed by atoms with Crippen molar-refractivity contribution in [3.05, 3.63) is 34.1 Å². The average Bonchev–Trinajstić information content (AvgIpc) is 2.66. The van der Waals surface area contributed by atoms with E-state index in [2.05, 4.69) is 15.2 Å². The average molecular weight is 441 g/mol. The molecule has 0 fully saturated rings. The number of benzene rings is 1. The van der Waals surface area contributed by atoms with E-state index in [4.69, 9.17) is 38.8 Å². The number of aliphatic carboxylic acids is 1. The number of hydrogen-bond acceptors (Lipinski definition) is 6. The van der Waals surface area contributed by atoms with E-state index in [1.54, 1.807) is 18.2 Å². The molecule has 0 aliphatic heterocycles. The zero-order valence-electron chi connectivity index (χ0n) is 16.6. The maximum absolute atomic E-state index is 11.2. The van der Waals surface area contributed by atoms with Gasteiger partial charge in [0.25, 0.3) is 0 Å². The van der Waals surface area contributed by atoms with Gasteiger partial charge in [-0.15, -0.1) is 10.2 Å². The lowest BCUT2D eigenvalue weighted by molar-refractivity contribution is -0.143. The first-order valence-electron chi connectivity index (χ1n) is 9.55. The van der Waals surface area contributed by atoms with Gasteiger partial charge in [0.2, 0.25) is 0 Å². The lowest BCUT2D eigenvalue weighted by Crippen LogP contribution is -2.20. The number of nitrogens with zero attached hydrogens (tertiary/aromatic N) is 3. The number of halogens is 2. The Morgan fingerprint density at radius 1 is 1.21 bits per heavy atom. The van der Waals surface area contributed by atoms with Crippen LogP contribution in [0.3, 0.4) is 0 Å². The fourth-order valence-corrected chi connectivity index (χ4v) is 3.33. The molecule has 158 valence electrons. The van der Waals surface area contributed by atoms with E-state index >= 15 is 0 Å². The van der Waals surface area contributed by atoms with Crippen molar-refractivity contribution in [1.82, 2.24) is 15.2 Å². The lowest BCUT2D eigenvalue weighted by atomic mass is 9.91.